The summed E-state index contributed by atoms with van der Waals surface area (Å²) in [4.78, 5) is 16.4. The fourth-order valence-corrected chi connectivity index (χ4v) is 2.70. The average molecular weight is 429 g/mol. The number of halogens is 3. The Hall–Kier alpha value is -2.21. The quantitative estimate of drug-likeness (QED) is 0.444. The molecule has 0 aliphatic heterocycles. The molecule has 0 aromatic heterocycles. The lowest BCUT2D eigenvalue weighted by molar-refractivity contribution is -0.129. The van der Waals surface area contributed by atoms with E-state index in [2.05, 4.69) is 5.16 Å². The van der Waals surface area contributed by atoms with Crippen LogP contribution in [0, 0.1) is 0 Å². The van der Waals surface area contributed by atoms with E-state index < -0.39 is 5.97 Å². The smallest absolute Gasteiger partial charge is 0.358 e. The Morgan fingerprint density at radius 1 is 1.19 bits per heavy atom. The summed E-state index contributed by atoms with van der Waals surface area (Å²) in [5, 5.41) is 13.5. The summed E-state index contributed by atoms with van der Waals surface area (Å²) in [5.74, 6) is -0.786. The van der Waals surface area contributed by atoms with Crippen molar-refractivity contribution < 1.29 is 19.5 Å². The van der Waals surface area contributed by atoms with Gasteiger partial charge >= 0.3 is 5.97 Å². The summed E-state index contributed by atoms with van der Waals surface area (Å²) >= 11 is 17.7. The zero-order valence-electron chi connectivity index (χ0n) is 14.3. The van der Waals surface area contributed by atoms with Gasteiger partial charge in [0.25, 0.3) is 0 Å². The lowest BCUT2D eigenvalue weighted by Gasteiger charge is -2.13. The fraction of sp³-hybridized carbons (Fsp3) is 0.158. The highest BCUT2D eigenvalue weighted by Gasteiger charge is 2.18. The number of aliphatic carboxylic acids is 1. The third-order valence-corrected chi connectivity index (χ3v) is 4.02. The molecule has 0 unspecified atom stereocenters. The molecule has 8 heteroatoms. The van der Waals surface area contributed by atoms with Crippen LogP contribution in [0.25, 0.3) is 6.08 Å². The van der Waals surface area contributed by atoms with Gasteiger partial charge in [0.05, 0.1) is 5.02 Å². The standard InChI is InChI=1S/C19H16Cl3NO4/c1-2-27-23-18(19(24)25)14-8-4-3-6-13(14)11-26-15-9-5-7-12(17(15)22)10-16(20)21/h3-10H,2,11H2,1H3,(H,24,25). The number of oxime groups is 1. The molecule has 2 aromatic rings. The van der Waals surface area contributed by atoms with E-state index in [9.17, 15) is 9.90 Å². The second-order valence-electron chi connectivity index (χ2n) is 5.20. The van der Waals surface area contributed by atoms with Gasteiger partial charge < -0.3 is 14.7 Å². The molecule has 27 heavy (non-hydrogen) atoms. The number of rotatable bonds is 8. The van der Waals surface area contributed by atoms with Crippen molar-refractivity contribution in [1.82, 2.24) is 0 Å². The Bertz CT molecular complexity index is 877. The van der Waals surface area contributed by atoms with E-state index in [1.807, 2.05) is 0 Å². The topological polar surface area (TPSA) is 68.1 Å². The highest BCUT2D eigenvalue weighted by molar-refractivity contribution is 6.57. The normalized spacial score (nSPS) is 11.0. The molecule has 0 bridgehead atoms. The van der Waals surface area contributed by atoms with Crippen LogP contribution in [0.3, 0.4) is 0 Å². The van der Waals surface area contributed by atoms with E-state index >= 15 is 0 Å². The first-order chi connectivity index (χ1) is 12.9. The van der Waals surface area contributed by atoms with Crippen molar-refractivity contribution in [2.24, 2.45) is 5.16 Å². The average Bonchev–Trinajstić information content (AvgIpc) is 2.63. The second-order valence-corrected chi connectivity index (χ2v) is 6.59. The van der Waals surface area contributed by atoms with Gasteiger partial charge in [-0.2, -0.15) is 0 Å². The van der Waals surface area contributed by atoms with Crippen LogP contribution in [0.2, 0.25) is 5.02 Å². The Kier molecular flexibility index (Phi) is 7.98. The zero-order valence-corrected chi connectivity index (χ0v) is 16.6. The fourth-order valence-electron chi connectivity index (χ4n) is 2.23. The minimum atomic E-state index is -1.20. The van der Waals surface area contributed by atoms with Gasteiger partial charge in [-0.15, -0.1) is 0 Å². The van der Waals surface area contributed by atoms with Gasteiger partial charge in [0.1, 0.15) is 23.5 Å². The Balaban J connectivity index is 2.30. The van der Waals surface area contributed by atoms with Gasteiger partial charge in [0.2, 0.25) is 0 Å². The number of benzene rings is 2. The van der Waals surface area contributed by atoms with E-state index in [4.69, 9.17) is 44.4 Å². The van der Waals surface area contributed by atoms with Crippen LogP contribution >= 0.6 is 34.8 Å². The van der Waals surface area contributed by atoms with Crippen LogP contribution in [0.1, 0.15) is 23.6 Å². The van der Waals surface area contributed by atoms with Crippen molar-refractivity contribution in [1.29, 1.82) is 0 Å². The molecule has 0 spiro atoms. The number of nitrogens with zero attached hydrogens (tertiary/aromatic N) is 1. The van der Waals surface area contributed by atoms with Crippen molar-refractivity contribution in [3.8, 4) is 5.75 Å². The summed E-state index contributed by atoms with van der Waals surface area (Å²) in [6.45, 7) is 2.05. The van der Waals surface area contributed by atoms with Gasteiger partial charge in [0, 0.05) is 5.56 Å². The second kappa shape index (κ2) is 10.2. The molecule has 2 aromatic carbocycles. The minimum Gasteiger partial charge on any atom is -0.487 e. The molecular formula is C19H16Cl3NO4. The Labute approximate surface area is 171 Å². The van der Waals surface area contributed by atoms with Crippen molar-refractivity contribution in [3.63, 3.8) is 0 Å². The highest BCUT2D eigenvalue weighted by Crippen LogP contribution is 2.31. The summed E-state index contributed by atoms with van der Waals surface area (Å²) in [6.07, 6.45) is 1.50. The molecule has 0 saturated heterocycles. The van der Waals surface area contributed by atoms with E-state index in [1.54, 1.807) is 49.4 Å². The largest absolute Gasteiger partial charge is 0.487 e. The number of carbonyl (C=O) groups is 1. The maximum absolute atomic E-state index is 11.5. The number of ether oxygens (including phenoxy) is 1. The first kappa shape index (κ1) is 21.1. The van der Waals surface area contributed by atoms with Crippen LogP contribution in [0.15, 0.2) is 52.1 Å². The Morgan fingerprint density at radius 3 is 2.59 bits per heavy atom. The SMILES string of the molecule is CCON=C(C(=O)O)c1ccccc1COc1cccc(C=C(Cl)Cl)c1Cl. The maximum Gasteiger partial charge on any atom is 0.358 e. The Morgan fingerprint density at radius 2 is 1.93 bits per heavy atom. The summed E-state index contributed by atoms with van der Waals surface area (Å²) in [5.41, 5.74) is 1.42. The monoisotopic (exact) mass is 427 g/mol. The molecule has 142 valence electrons. The van der Waals surface area contributed by atoms with Crippen LogP contribution in [-0.4, -0.2) is 23.4 Å². The van der Waals surface area contributed by atoms with E-state index in [-0.39, 0.29) is 23.4 Å². The molecule has 2 rings (SSSR count). The number of hydrogen-bond donors (Lipinski definition) is 1. The first-order valence-corrected chi connectivity index (χ1v) is 9.03. The minimum absolute atomic E-state index is 0.0673. The van der Waals surface area contributed by atoms with Crippen molar-refractivity contribution >= 4 is 52.6 Å². The van der Waals surface area contributed by atoms with E-state index in [0.29, 0.717) is 27.5 Å². The van der Waals surface area contributed by atoms with Crippen LogP contribution in [0.4, 0.5) is 0 Å². The first-order valence-electron chi connectivity index (χ1n) is 7.89. The molecule has 0 aliphatic rings. The number of carboxylic acid groups (broad SMARTS) is 1. The van der Waals surface area contributed by atoms with Gasteiger partial charge in [-0.1, -0.05) is 76.4 Å². The summed E-state index contributed by atoms with van der Waals surface area (Å²) in [6, 6.07) is 12.0. The van der Waals surface area contributed by atoms with Gasteiger partial charge in [0.15, 0.2) is 5.71 Å². The molecule has 0 fully saturated rings. The molecule has 1 N–H and O–H groups in total. The molecule has 0 saturated carbocycles. The molecule has 0 heterocycles. The van der Waals surface area contributed by atoms with Gasteiger partial charge in [-0.25, -0.2) is 4.79 Å². The molecule has 0 aliphatic carbocycles. The van der Waals surface area contributed by atoms with Crippen LogP contribution in [0.5, 0.6) is 5.75 Å². The van der Waals surface area contributed by atoms with Crippen LogP contribution in [-0.2, 0) is 16.2 Å². The molecule has 0 atom stereocenters. The van der Waals surface area contributed by atoms with Crippen molar-refractivity contribution in [2.75, 3.05) is 6.61 Å². The predicted molar refractivity (Wildman–Crippen MR) is 108 cm³/mol. The van der Waals surface area contributed by atoms with Gasteiger partial charge in [-0.3, -0.25) is 0 Å². The highest BCUT2D eigenvalue weighted by atomic mass is 35.5. The molecule has 0 amide bonds. The van der Waals surface area contributed by atoms with E-state index in [0.717, 1.165) is 0 Å². The lowest BCUT2D eigenvalue weighted by Crippen LogP contribution is -2.18. The zero-order chi connectivity index (χ0) is 19.8. The molecular weight excluding hydrogens is 413 g/mol. The summed E-state index contributed by atoms with van der Waals surface area (Å²) < 4.78 is 5.85. The van der Waals surface area contributed by atoms with E-state index in [1.165, 1.54) is 6.08 Å². The predicted octanol–water partition coefficient (Wildman–Crippen LogP) is 5.52. The number of carboxylic acids is 1. The van der Waals surface area contributed by atoms with Crippen LogP contribution < -0.4 is 4.74 Å². The van der Waals surface area contributed by atoms with Crippen molar-refractivity contribution in [3.05, 3.63) is 68.7 Å². The van der Waals surface area contributed by atoms with Crippen molar-refractivity contribution in [2.45, 2.75) is 13.5 Å². The third kappa shape index (κ3) is 5.89. The van der Waals surface area contributed by atoms with Gasteiger partial charge in [-0.05, 0) is 30.2 Å². The number of hydrogen-bond acceptors (Lipinski definition) is 4. The third-order valence-electron chi connectivity index (χ3n) is 3.40. The molecule has 0 radical (unpaired) electrons. The molecule has 5 nitrogen and oxygen atoms in total. The lowest BCUT2D eigenvalue weighted by atomic mass is 10.0. The maximum atomic E-state index is 11.5. The summed E-state index contributed by atoms with van der Waals surface area (Å²) in [7, 11) is 0.